The monoisotopic (exact) mass is 444 g/mol. The van der Waals surface area contributed by atoms with Gasteiger partial charge >= 0.3 is 0 Å². The van der Waals surface area contributed by atoms with Crippen molar-refractivity contribution in [3.63, 3.8) is 0 Å². The Balaban J connectivity index is 1.41. The fourth-order valence-electron chi connectivity index (χ4n) is 2.73. The van der Waals surface area contributed by atoms with E-state index in [-0.39, 0.29) is 35.7 Å². The molecule has 0 aliphatic carbocycles. The van der Waals surface area contributed by atoms with E-state index in [0.717, 1.165) is 29.5 Å². The second kappa shape index (κ2) is 9.05. The zero-order valence-corrected chi connectivity index (χ0v) is 16.7. The summed E-state index contributed by atoms with van der Waals surface area (Å²) < 4.78 is 51.8. The Kier molecular flexibility index (Phi) is 6.03. The number of nitrogens with one attached hydrogen (secondary N) is 1. The fraction of sp³-hybridized carbons (Fsp3) is 0.0909. The first-order valence-electron chi connectivity index (χ1n) is 9.12. The molecule has 31 heavy (non-hydrogen) atoms. The van der Waals surface area contributed by atoms with E-state index in [2.05, 4.69) is 10.3 Å². The van der Waals surface area contributed by atoms with Gasteiger partial charge in [-0.25, -0.2) is 18.2 Å². The Morgan fingerprint density at radius 2 is 1.97 bits per heavy atom. The molecule has 158 valence electrons. The summed E-state index contributed by atoms with van der Waals surface area (Å²) >= 11 is 1.13. The number of rotatable bonds is 7. The summed E-state index contributed by atoms with van der Waals surface area (Å²) in [5.74, 6) is -1.65. The number of hydrogen-bond acceptors (Lipinski definition) is 5. The third-order valence-corrected chi connectivity index (χ3v) is 5.20. The van der Waals surface area contributed by atoms with Crippen molar-refractivity contribution >= 4 is 17.2 Å². The first-order chi connectivity index (χ1) is 15.0. The molecular weight excluding hydrogens is 429 g/mol. The smallest absolute Gasteiger partial charge is 0.271 e. The average molecular weight is 444 g/mol. The van der Waals surface area contributed by atoms with Crippen LogP contribution in [0.2, 0.25) is 0 Å². The SMILES string of the molecule is O=C(NCc1ccco1)c1csc(-c2ccc(OCc3ccc(F)cc3F)cc2F)n1. The summed E-state index contributed by atoms with van der Waals surface area (Å²) in [6, 6.07) is 10.7. The molecule has 0 unspecified atom stereocenters. The molecule has 4 aromatic rings. The van der Waals surface area contributed by atoms with Crippen molar-refractivity contribution in [3.8, 4) is 16.3 Å². The van der Waals surface area contributed by atoms with Crippen molar-refractivity contribution in [2.75, 3.05) is 0 Å². The van der Waals surface area contributed by atoms with Gasteiger partial charge in [0, 0.05) is 28.6 Å². The van der Waals surface area contributed by atoms with Gasteiger partial charge in [0.1, 0.15) is 46.3 Å². The highest BCUT2D eigenvalue weighted by molar-refractivity contribution is 7.13. The van der Waals surface area contributed by atoms with Gasteiger partial charge < -0.3 is 14.5 Å². The molecule has 0 spiro atoms. The lowest BCUT2D eigenvalue weighted by Crippen LogP contribution is -2.22. The zero-order valence-electron chi connectivity index (χ0n) is 15.9. The Morgan fingerprint density at radius 3 is 2.71 bits per heavy atom. The Hall–Kier alpha value is -3.59. The largest absolute Gasteiger partial charge is 0.489 e. The second-order valence-corrected chi connectivity index (χ2v) is 7.32. The maximum absolute atomic E-state index is 14.6. The van der Waals surface area contributed by atoms with E-state index in [1.165, 1.54) is 29.8 Å². The van der Waals surface area contributed by atoms with Crippen molar-refractivity contribution in [1.29, 1.82) is 0 Å². The molecule has 9 heteroatoms. The minimum Gasteiger partial charge on any atom is -0.489 e. The molecule has 1 N–H and O–H groups in total. The summed E-state index contributed by atoms with van der Waals surface area (Å²) in [5.41, 5.74) is 0.518. The summed E-state index contributed by atoms with van der Waals surface area (Å²) in [6.45, 7) is 0.0376. The van der Waals surface area contributed by atoms with Crippen LogP contribution in [0, 0.1) is 17.5 Å². The maximum atomic E-state index is 14.6. The molecule has 0 radical (unpaired) electrons. The van der Waals surface area contributed by atoms with Crippen molar-refractivity contribution in [1.82, 2.24) is 10.3 Å². The van der Waals surface area contributed by atoms with Gasteiger partial charge in [-0.3, -0.25) is 4.79 Å². The van der Waals surface area contributed by atoms with Gasteiger partial charge in [0.25, 0.3) is 5.91 Å². The number of amides is 1. The van der Waals surface area contributed by atoms with Gasteiger partial charge in [0.05, 0.1) is 12.8 Å². The van der Waals surface area contributed by atoms with Crippen LogP contribution in [0.5, 0.6) is 5.75 Å². The second-order valence-electron chi connectivity index (χ2n) is 6.47. The molecule has 0 atom stereocenters. The van der Waals surface area contributed by atoms with Crippen molar-refractivity contribution in [3.05, 3.63) is 94.6 Å². The molecule has 0 saturated heterocycles. The number of ether oxygens (including phenoxy) is 1. The van der Waals surface area contributed by atoms with Crippen LogP contribution in [0.15, 0.2) is 64.6 Å². The van der Waals surface area contributed by atoms with Gasteiger partial charge in [0.2, 0.25) is 0 Å². The lowest BCUT2D eigenvalue weighted by molar-refractivity contribution is 0.0944. The standard InChI is InChI=1S/C22H15F3N2O3S/c23-14-4-3-13(18(24)8-14)11-30-15-5-6-17(19(25)9-15)22-27-20(12-31-22)21(28)26-10-16-2-1-7-29-16/h1-9,12H,10-11H2,(H,26,28). The molecule has 2 aromatic heterocycles. The third kappa shape index (κ3) is 4.95. The van der Waals surface area contributed by atoms with E-state index in [1.54, 1.807) is 12.1 Å². The number of benzene rings is 2. The topological polar surface area (TPSA) is 64.4 Å². The molecule has 4 rings (SSSR count). The molecule has 2 aromatic carbocycles. The van der Waals surface area contributed by atoms with Gasteiger partial charge in [0.15, 0.2) is 0 Å². The summed E-state index contributed by atoms with van der Waals surface area (Å²) in [5, 5.41) is 4.54. The Labute approximate surface area is 179 Å². The van der Waals surface area contributed by atoms with E-state index < -0.39 is 23.4 Å². The number of halogens is 3. The Bertz CT molecular complexity index is 1210. The molecule has 5 nitrogen and oxygen atoms in total. The lowest BCUT2D eigenvalue weighted by Gasteiger charge is -2.08. The predicted molar refractivity (Wildman–Crippen MR) is 108 cm³/mol. The highest BCUT2D eigenvalue weighted by Crippen LogP contribution is 2.29. The number of carbonyl (C=O) groups is 1. The molecule has 0 bridgehead atoms. The minimum absolute atomic E-state index is 0.149. The summed E-state index contributed by atoms with van der Waals surface area (Å²) in [6.07, 6.45) is 1.51. The zero-order chi connectivity index (χ0) is 21.8. The number of carbonyl (C=O) groups excluding carboxylic acids is 1. The van der Waals surface area contributed by atoms with Crippen LogP contribution in [-0.4, -0.2) is 10.9 Å². The van der Waals surface area contributed by atoms with Crippen LogP contribution in [0.4, 0.5) is 13.2 Å². The molecule has 0 aliphatic heterocycles. The fourth-order valence-corrected chi connectivity index (χ4v) is 3.56. The molecular formula is C22H15F3N2O3S. The average Bonchev–Trinajstić information content (AvgIpc) is 3.44. The lowest BCUT2D eigenvalue weighted by atomic mass is 10.2. The highest BCUT2D eigenvalue weighted by Gasteiger charge is 2.15. The van der Waals surface area contributed by atoms with E-state index in [4.69, 9.17) is 9.15 Å². The molecule has 0 saturated carbocycles. The first-order valence-corrected chi connectivity index (χ1v) is 10.0. The van der Waals surface area contributed by atoms with Crippen LogP contribution in [0.25, 0.3) is 10.6 Å². The third-order valence-electron chi connectivity index (χ3n) is 4.32. The summed E-state index contributed by atoms with van der Waals surface area (Å²) in [7, 11) is 0. The van der Waals surface area contributed by atoms with E-state index in [9.17, 15) is 18.0 Å². The minimum atomic E-state index is -0.738. The van der Waals surface area contributed by atoms with Gasteiger partial charge in [-0.2, -0.15) is 0 Å². The van der Waals surface area contributed by atoms with E-state index >= 15 is 0 Å². The van der Waals surface area contributed by atoms with Gasteiger partial charge in [-0.05, 0) is 36.4 Å². The van der Waals surface area contributed by atoms with E-state index in [0.29, 0.717) is 10.8 Å². The van der Waals surface area contributed by atoms with Crippen molar-refractivity contribution < 1.29 is 27.1 Å². The summed E-state index contributed by atoms with van der Waals surface area (Å²) in [4.78, 5) is 16.4. The van der Waals surface area contributed by atoms with E-state index in [1.807, 2.05) is 0 Å². The van der Waals surface area contributed by atoms with Gasteiger partial charge in [-0.15, -0.1) is 11.3 Å². The highest BCUT2D eigenvalue weighted by atomic mass is 32.1. The predicted octanol–water partition coefficient (Wildman–Crippen LogP) is 5.33. The normalized spacial score (nSPS) is 10.8. The molecule has 2 heterocycles. The van der Waals surface area contributed by atoms with Crippen molar-refractivity contribution in [2.24, 2.45) is 0 Å². The van der Waals surface area contributed by atoms with Crippen LogP contribution < -0.4 is 10.1 Å². The quantitative estimate of drug-likeness (QED) is 0.419. The van der Waals surface area contributed by atoms with Crippen LogP contribution in [0.1, 0.15) is 21.8 Å². The number of thiazole rings is 1. The number of nitrogens with zero attached hydrogens (tertiary/aromatic N) is 1. The number of hydrogen-bond donors (Lipinski definition) is 1. The molecule has 0 fully saturated rings. The number of aromatic nitrogens is 1. The molecule has 1 amide bonds. The van der Waals surface area contributed by atoms with Crippen LogP contribution in [0.3, 0.4) is 0 Å². The Morgan fingerprint density at radius 1 is 1.10 bits per heavy atom. The first kappa shape index (κ1) is 20.7. The van der Waals surface area contributed by atoms with Crippen molar-refractivity contribution in [2.45, 2.75) is 13.2 Å². The molecule has 0 aliphatic rings. The van der Waals surface area contributed by atoms with Gasteiger partial charge in [-0.1, -0.05) is 0 Å². The van der Waals surface area contributed by atoms with Crippen LogP contribution >= 0.6 is 11.3 Å². The number of furan rings is 1. The maximum Gasteiger partial charge on any atom is 0.271 e. The van der Waals surface area contributed by atoms with Crippen LogP contribution in [-0.2, 0) is 13.2 Å².